The lowest BCUT2D eigenvalue weighted by Gasteiger charge is -2.04. The number of rotatable bonds is 3. The van der Waals surface area contributed by atoms with Crippen LogP contribution in [0.25, 0.3) is 11.0 Å². The fourth-order valence-electron chi connectivity index (χ4n) is 1.70. The largest absolute Gasteiger partial charge is 0.458 e. The zero-order valence-corrected chi connectivity index (χ0v) is 10.6. The summed E-state index contributed by atoms with van der Waals surface area (Å²) in [5.74, 6) is 0.927. The van der Waals surface area contributed by atoms with Gasteiger partial charge in [-0.2, -0.15) is 0 Å². The number of furan rings is 1. The molecule has 16 heavy (non-hydrogen) atoms. The maximum Gasteiger partial charge on any atom is 0.152 e. The van der Waals surface area contributed by atoms with Crippen LogP contribution in [0.2, 0.25) is 5.02 Å². The lowest BCUT2D eigenvalue weighted by atomic mass is 10.2. The average Bonchev–Trinajstić information content (AvgIpc) is 2.57. The highest BCUT2D eigenvalue weighted by Crippen LogP contribution is 2.28. The standard InChI is InChI=1S/C13H16ClNO/c1-8(2)15-7-11-6-10-4-9(3)5-12(14)13(10)16-11/h4-6,8,15H,7H2,1-3H3. The van der Waals surface area contributed by atoms with Gasteiger partial charge in [0.2, 0.25) is 0 Å². The second-order valence-electron chi connectivity index (χ2n) is 4.41. The Morgan fingerprint density at radius 1 is 1.31 bits per heavy atom. The minimum Gasteiger partial charge on any atom is -0.458 e. The highest BCUT2D eigenvalue weighted by molar-refractivity contribution is 6.34. The van der Waals surface area contributed by atoms with E-state index in [1.54, 1.807) is 0 Å². The molecule has 2 rings (SSSR count). The normalized spacial score (nSPS) is 11.6. The van der Waals surface area contributed by atoms with E-state index < -0.39 is 0 Å². The smallest absolute Gasteiger partial charge is 0.152 e. The van der Waals surface area contributed by atoms with Crippen LogP contribution >= 0.6 is 11.6 Å². The molecule has 0 aliphatic heterocycles. The third-order valence-corrected chi connectivity index (χ3v) is 2.73. The second-order valence-corrected chi connectivity index (χ2v) is 4.82. The van der Waals surface area contributed by atoms with Gasteiger partial charge in [-0.25, -0.2) is 0 Å². The van der Waals surface area contributed by atoms with Gasteiger partial charge >= 0.3 is 0 Å². The summed E-state index contributed by atoms with van der Waals surface area (Å²) in [5, 5.41) is 5.08. The zero-order chi connectivity index (χ0) is 11.7. The van der Waals surface area contributed by atoms with Crippen molar-refractivity contribution in [3.8, 4) is 0 Å². The van der Waals surface area contributed by atoms with E-state index in [0.29, 0.717) is 11.1 Å². The zero-order valence-electron chi connectivity index (χ0n) is 9.80. The molecule has 0 radical (unpaired) electrons. The molecule has 86 valence electrons. The molecule has 2 aromatic rings. The molecule has 0 bridgehead atoms. The molecule has 0 spiro atoms. The van der Waals surface area contributed by atoms with Crippen molar-refractivity contribution >= 4 is 22.6 Å². The SMILES string of the molecule is Cc1cc(Cl)c2oc(CNC(C)C)cc2c1. The van der Waals surface area contributed by atoms with Crippen molar-refractivity contribution in [2.75, 3.05) is 0 Å². The van der Waals surface area contributed by atoms with Crippen molar-refractivity contribution in [1.29, 1.82) is 0 Å². The molecule has 1 N–H and O–H groups in total. The van der Waals surface area contributed by atoms with E-state index in [2.05, 4.69) is 25.2 Å². The Balaban J connectivity index is 2.33. The highest BCUT2D eigenvalue weighted by Gasteiger charge is 2.08. The Labute approximate surface area is 101 Å². The van der Waals surface area contributed by atoms with Crippen LogP contribution in [0.3, 0.4) is 0 Å². The summed E-state index contributed by atoms with van der Waals surface area (Å²) in [4.78, 5) is 0. The molecule has 0 atom stereocenters. The number of fused-ring (bicyclic) bond motifs is 1. The number of hydrogen-bond acceptors (Lipinski definition) is 2. The first-order chi connectivity index (χ1) is 7.56. The Kier molecular flexibility index (Phi) is 3.22. The van der Waals surface area contributed by atoms with Crippen molar-refractivity contribution < 1.29 is 4.42 Å². The molecule has 0 amide bonds. The Bertz CT molecular complexity index is 502. The predicted octanol–water partition coefficient (Wildman–Crippen LogP) is 3.89. The molecule has 0 aliphatic rings. The quantitative estimate of drug-likeness (QED) is 0.876. The number of nitrogens with one attached hydrogen (secondary N) is 1. The molecule has 1 aromatic carbocycles. The van der Waals surface area contributed by atoms with Gasteiger partial charge in [0.15, 0.2) is 5.58 Å². The fraction of sp³-hybridized carbons (Fsp3) is 0.385. The number of aryl methyl sites for hydroxylation is 1. The minimum absolute atomic E-state index is 0.449. The summed E-state index contributed by atoms with van der Waals surface area (Å²) in [6, 6.07) is 6.51. The first-order valence-corrected chi connectivity index (χ1v) is 5.86. The van der Waals surface area contributed by atoms with E-state index in [1.165, 1.54) is 0 Å². The molecule has 3 heteroatoms. The number of hydrogen-bond donors (Lipinski definition) is 1. The highest BCUT2D eigenvalue weighted by atomic mass is 35.5. The molecule has 2 nitrogen and oxygen atoms in total. The van der Waals surface area contributed by atoms with E-state index in [0.717, 1.165) is 28.8 Å². The monoisotopic (exact) mass is 237 g/mol. The van der Waals surface area contributed by atoms with Gasteiger partial charge in [-0.1, -0.05) is 25.4 Å². The lowest BCUT2D eigenvalue weighted by molar-refractivity contribution is 0.488. The fourth-order valence-corrected chi connectivity index (χ4v) is 2.02. The van der Waals surface area contributed by atoms with Crippen molar-refractivity contribution in [1.82, 2.24) is 5.32 Å². The van der Waals surface area contributed by atoms with E-state index in [9.17, 15) is 0 Å². The van der Waals surface area contributed by atoms with Gasteiger partial charge in [0.05, 0.1) is 11.6 Å². The first-order valence-electron chi connectivity index (χ1n) is 5.48. The summed E-state index contributed by atoms with van der Waals surface area (Å²) < 4.78 is 5.71. The predicted molar refractivity (Wildman–Crippen MR) is 67.9 cm³/mol. The molecular weight excluding hydrogens is 222 g/mol. The van der Waals surface area contributed by atoms with Gasteiger partial charge in [0.1, 0.15) is 5.76 Å². The van der Waals surface area contributed by atoms with Crippen LogP contribution in [0.1, 0.15) is 25.2 Å². The van der Waals surface area contributed by atoms with E-state index in [4.69, 9.17) is 16.0 Å². The molecule has 0 aliphatic carbocycles. The Morgan fingerprint density at radius 3 is 2.75 bits per heavy atom. The van der Waals surface area contributed by atoms with Gasteiger partial charge in [0, 0.05) is 11.4 Å². The summed E-state index contributed by atoms with van der Waals surface area (Å²) in [7, 11) is 0. The van der Waals surface area contributed by atoms with Gasteiger partial charge in [-0.15, -0.1) is 0 Å². The average molecular weight is 238 g/mol. The van der Waals surface area contributed by atoms with Gasteiger partial charge in [-0.05, 0) is 30.7 Å². The Hall–Kier alpha value is -0.990. The third-order valence-electron chi connectivity index (χ3n) is 2.45. The lowest BCUT2D eigenvalue weighted by Crippen LogP contribution is -2.21. The van der Waals surface area contributed by atoms with Crippen LogP contribution in [-0.2, 0) is 6.54 Å². The van der Waals surface area contributed by atoms with Crippen molar-refractivity contribution in [2.24, 2.45) is 0 Å². The van der Waals surface area contributed by atoms with Crippen LogP contribution in [0.5, 0.6) is 0 Å². The van der Waals surface area contributed by atoms with E-state index in [-0.39, 0.29) is 0 Å². The summed E-state index contributed by atoms with van der Waals surface area (Å²) in [6.45, 7) is 6.99. The summed E-state index contributed by atoms with van der Waals surface area (Å²) in [6.07, 6.45) is 0. The molecule has 0 unspecified atom stereocenters. The maximum absolute atomic E-state index is 6.12. The molecular formula is C13H16ClNO. The minimum atomic E-state index is 0.449. The summed E-state index contributed by atoms with van der Waals surface area (Å²) >= 11 is 6.12. The molecule has 0 saturated carbocycles. The van der Waals surface area contributed by atoms with Gasteiger partial charge in [-0.3, -0.25) is 0 Å². The molecule has 0 fully saturated rings. The second kappa shape index (κ2) is 4.48. The molecule has 1 heterocycles. The summed E-state index contributed by atoms with van der Waals surface area (Å²) in [5.41, 5.74) is 1.94. The topological polar surface area (TPSA) is 25.2 Å². The van der Waals surface area contributed by atoms with Crippen molar-refractivity contribution in [2.45, 2.75) is 33.4 Å². The van der Waals surface area contributed by atoms with Crippen LogP contribution in [-0.4, -0.2) is 6.04 Å². The first kappa shape index (κ1) is 11.5. The van der Waals surface area contributed by atoms with Crippen LogP contribution in [0.4, 0.5) is 0 Å². The van der Waals surface area contributed by atoms with Crippen LogP contribution in [0.15, 0.2) is 22.6 Å². The van der Waals surface area contributed by atoms with Crippen LogP contribution in [0, 0.1) is 6.92 Å². The molecule has 1 aromatic heterocycles. The van der Waals surface area contributed by atoms with Crippen molar-refractivity contribution in [3.63, 3.8) is 0 Å². The van der Waals surface area contributed by atoms with Gasteiger partial charge in [0.25, 0.3) is 0 Å². The number of benzene rings is 1. The Morgan fingerprint density at radius 2 is 2.06 bits per heavy atom. The maximum atomic E-state index is 6.12. The van der Waals surface area contributed by atoms with E-state index in [1.807, 2.05) is 19.1 Å². The molecule has 0 saturated heterocycles. The van der Waals surface area contributed by atoms with E-state index >= 15 is 0 Å². The number of halogens is 1. The van der Waals surface area contributed by atoms with Crippen LogP contribution < -0.4 is 5.32 Å². The third kappa shape index (κ3) is 2.39. The van der Waals surface area contributed by atoms with Crippen molar-refractivity contribution in [3.05, 3.63) is 34.5 Å². The van der Waals surface area contributed by atoms with Gasteiger partial charge < -0.3 is 9.73 Å².